The minimum atomic E-state index is -0.840. The van der Waals surface area contributed by atoms with E-state index in [0.717, 1.165) is 32.2 Å². The van der Waals surface area contributed by atoms with Crippen molar-refractivity contribution in [2.75, 3.05) is 6.54 Å². The first-order valence-corrected chi connectivity index (χ1v) is 14.0. The number of benzene rings is 3. The number of halogens is 1. The first kappa shape index (κ1) is 29.5. The van der Waals surface area contributed by atoms with E-state index in [1.54, 1.807) is 24.3 Å². The summed E-state index contributed by atoms with van der Waals surface area (Å²) in [5.41, 5.74) is 1.13. The number of esters is 1. The molecule has 0 spiro atoms. The average molecular weight is 646 g/mol. The molecule has 218 valence electrons. The zero-order chi connectivity index (χ0) is 30.8. The zero-order valence-electron chi connectivity index (χ0n) is 22.8. The molecule has 1 aliphatic carbocycles. The lowest BCUT2D eigenvalue weighted by molar-refractivity contribution is -0.384. The number of allylic oxidation sites excluding steroid dienone is 2. The molecule has 0 radical (unpaired) electrons. The number of fused-ring (bicyclic) bond motifs is 1. The van der Waals surface area contributed by atoms with Gasteiger partial charge in [0.1, 0.15) is 12.3 Å². The van der Waals surface area contributed by atoms with Crippen molar-refractivity contribution < 1.29 is 33.6 Å². The van der Waals surface area contributed by atoms with E-state index in [0.29, 0.717) is 18.4 Å². The number of non-ortho nitro benzene ring substituents is 1. The van der Waals surface area contributed by atoms with Gasteiger partial charge in [-0.3, -0.25) is 29.3 Å². The molecule has 2 aliphatic rings. The number of hydrogen-bond donors (Lipinski definition) is 0. The Morgan fingerprint density at radius 3 is 2.12 bits per heavy atom. The first-order chi connectivity index (χ1) is 20.5. The number of Topliss-reactive ketones (excluding diaryl/α,β-unsaturated/α-hetero) is 1. The molecule has 3 aromatic carbocycles. The first-order valence-electron chi connectivity index (χ1n) is 13.2. The SMILES string of the molecule is CC1=CC[C@H]2C(=O)N(N(CC(=O)c3ccc(OC(=O)c4ccc(Br)cc4)cc3)C(=O)c3ccc([N+](=O)[O-])cc3)C(=O)[C@@H]2C1. The molecule has 0 unspecified atom stereocenters. The maximum absolute atomic E-state index is 13.7. The number of ether oxygens (including phenoxy) is 1. The molecule has 0 saturated carbocycles. The standard InChI is InChI=1S/C31H24BrN3O8/c1-18-2-15-25-26(16-18)30(39)34(29(25)38)33(28(37)20-5-11-23(12-6-20)35(41)42)17-27(36)19-7-13-24(14-8-19)43-31(40)21-3-9-22(32)10-4-21/h2-14,25-26H,15-17H2,1H3/t25-,26-/m1/s1. The molecule has 0 aromatic heterocycles. The minimum Gasteiger partial charge on any atom is -0.423 e. The molecule has 1 aliphatic heterocycles. The van der Waals surface area contributed by atoms with Gasteiger partial charge < -0.3 is 4.74 Å². The van der Waals surface area contributed by atoms with Gasteiger partial charge in [-0.2, -0.15) is 5.01 Å². The van der Waals surface area contributed by atoms with Crippen molar-refractivity contribution in [3.63, 3.8) is 0 Å². The monoisotopic (exact) mass is 645 g/mol. The highest BCUT2D eigenvalue weighted by molar-refractivity contribution is 9.10. The average Bonchev–Trinajstić information content (AvgIpc) is 3.24. The highest BCUT2D eigenvalue weighted by atomic mass is 79.9. The Labute approximate surface area is 254 Å². The third kappa shape index (κ3) is 6.14. The number of nitro groups is 1. The Morgan fingerprint density at radius 2 is 1.49 bits per heavy atom. The number of carbonyl (C=O) groups is 5. The zero-order valence-corrected chi connectivity index (χ0v) is 24.4. The predicted molar refractivity (Wildman–Crippen MR) is 156 cm³/mol. The van der Waals surface area contributed by atoms with E-state index in [4.69, 9.17) is 4.74 Å². The lowest BCUT2D eigenvalue weighted by Crippen LogP contribution is -2.52. The van der Waals surface area contributed by atoms with Gasteiger partial charge in [-0.1, -0.05) is 27.6 Å². The van der Waals surface area contributed by atoms with Crippen LogP contribution in [0.5, 0.6) is 5.75 Å². The molecule has 0 bridgehead atoms. The van der Waals surface area contributed by atoms with E-state index in [-0.39, 0.29) is 22.6 Å². The van der Waals surface area contributed by atoms with Crippen LogP contribution in [0.25, 0.3) is 0 Å². The fraction of sp³-hybridized carbons (Fsp3) is 0.194. The van der Waals surface area contributed by atoms with Crippen LogP contribution in [0.4, 0.5) is 5.69 Å². The van der Waals surface area contributed by atoms with Crippen molar-refractivity contribution in [1.82, 2.24) is 10.0 Å². The summed E-state index contributed by atoms with van der Waals surface area (Å²) in [4.78, 5) is 76.8. The van der Waals surface area contributed by atoms with Crippen LogP contribution < -0.4 is 4.74 Å². The molecule has 5 rings (SSSR count). The van der Waals surface area contributed by atoms with Crippen molar-refractivity contribution in [2.24, 2.45) is 11.8 Å². The molecule has 43 heavy (non-hydrogen) atoms. The van der Waals surface area contributed by atoms with Crippen LogP contribution in [-0.4, -0.2) is 51.0 Å². The van der Waals surface area contributed by atoms with Crippen molar-refractivity contribution in [3.8, 4) is 5.75 Å². The van der Waals surface area contributed by atoms with Crippen molar-refractivity contribution in [2.45, 2.75) is 19.8 Å². The van der Waals surface area contributed by atoms with Gasteiger partial charge in [-0.25, -0.2) is 9.80 Å². The van der Waals surface area contributed by atoms with Gasteiger partial charge in [-0.15, -0.1) is 0 Å². The van der Waals surface area contributed by atoms with Crippen LogP contribution >= 0.6 is 15.9 Å². The maximum atomic E-state index is 13.7. The minimum absolute atomic E-state index is 0.0432. The molecule has 1 fully saturated rings. The van der Waals surface area contributed by atoms with Crippen LogP contribution in [-0.2, 0) is 9.59 Å². The van der Waals surface area contributed by atoms with Gasteiger partial charge in [0.2, 0.25) is 0 Å². The second-order valence-electron chi connectivity index (χ2n) is 10.2. The largest absolute Gasteiger partial charge is 0.423 e. The van der Waals surface area contributed by atoms with E-state index in [1.165, 1.54) is 36.4 Å². The van der Waals surface area contributed by atoms with Crippen LogP contribution in [0.1, 0.15) is 50.8 Å². The van der Waals surface area contributed by atoms with E-state index in [2.05, 4.69) is 15.9 Å². The molecule has 3 amide bonds. The Hall–Kier alpha value is -4.97. The maximum Gasteiger partial charge on any atom is 0.343 e. The molecule has 11 nitrogen and oxygen atoms in total. The normalized spacial score (nSPS) is 17.6. The summed E-state index contributed by atoms with van der Waals surface area (Å²) < 4.78 is 6.17. The highest BCUT2D eigenvalue weighted by Crippen LogP contribution is 2.38. The molecule has 1 heterocycles. The van der Waals surface area contributed by atoms with Crippen LogP contribution in [0.2, 0.25) is 0 Å². The number of nitrogens with zero attached hydrogens (tertiary/aromatic N) is 3. The Kier molecular flexibility index (Phi) is 8.31. The predicted octanol–water partition coefficient (Wildman–Crippen LogP) is 5.16. The van der Waals surface area contributed by atoms with Gasteiger partial charge in [0.15, 0.2) is 5.78 Å². The smallest absolute Gasteiger partial charge is 0.343 e. The number of ketones is 1. The van der Waals surface area contributed by atoms with E-state index in [1.807, 2.05) is 13.0 Å². The summed E-state index contributed by atoms with van der Waals surface area (Å²) in [7, 11) is 0. The van der Waals surface area contributed by atoms with Crippen LogP contribution in [0.3, 0.4) is 0 Å². The number of amides is 3. The quantitative estimate of drug-likeness (QED) is 0.0621. The molecule has 1 saturated heterocycles. The fourth-order valence-electron chi connectivity index (χ4n) is 5.05. The number of hydrazine groups is 1. The van der Waals surface area contributed by atoms with Crippen LogP contribution in [0, 0.1) is 22.0 Å². The van der Waals surface area contributed by atoms with E-state index >= 15 is 0 Å². The highest BCUT2D eigenvalue weighted by Gasteiger charge is 2.51. The van der Waals surface area contributed by atoms with Gasteiger partial charge in [-0.05, 0) is 80.4 Å². The summed E-state index contributed by atoms with van der Waals surface area (Å²) in [6, 6.07) is 16.9. The third-order valence-electron chi connectivity index (χ3n) is 7.36. The fourth-order valence-corrected chi connectivity index (χ4v) is 5.32. The molecule has 12 heteroatoms. The Bertz CT molecular complexity index is 1670. The summed E-state index contributed by atoms with van der Waals surface area (Å²) in [5, 5.41) is 12.6. The number of nitro benzene ring substituents is 1. The lowest BCUT2D eigenvalue weighted by Gasteiger charge is -2.30. The van der Waals surface area contributed by atoms with Gasteiger partial charge >= 0.3 is 5.97 Å². The summed E-state index contributed by atoms with van der Waals surface area (Å²) in [6.07, 6.45) is 2.58. The van der Waals surface area contributed by atoms with Crippen molar-refractivity contribution in [1.29, 1.82) is 0 Å². The molecular weight excluding hydrogens is 622 g/mol. The Balaban J connectivity index is 1.38. The second-order valence-corrected chi connectivity index (χ2v) is 11.1. The van der Waals surface area contributed by atoms with E-state index < -0.39 is 52.8 Å². The molecule has 3 aromatic rings. The summed E-state index contributed by atoms with van der Waals surface area (Å²) in [6.45, 7) is 1.21. The number of carbonyl (C=O) groups excluding carboxylic acids is 5. The van der Waals surface area contributed by atoms with Gasteiger partial charge in [0, 0.05) is 27.7 Å². The van der Waals surface area contributed by atoms with Crippen LogP contribution in [0.15, 0.2) is 88.9 Å². The lowest BCUT2D eigenvalue weighted by atomic mass is 9.82. The Morgan fingerprint density at radius 1 is 0.907 bits per heavy atom. The number of rotatable bonds is 8. The van der Waals surface area contributed by atoms with Crippen molar-refractivity contribution in [3.05, 3.63) is 116 Å². The second kappa shape index (κ2) is 12.1. The number of hydrogen-bond acceptors (Lipinski definition) is 8. The number of imide groups is 1. The third-order valence-corrected chi connectivity index (χ3v) is 7.89. The molecule has 0 N–H and O–H groups in total. The van der Waals surface area contributed by atoms with Gasteiger partial charge in [0.05, 0.1) is 22.3 Å². The topological polar surface area (TPSA) is 144 Å². The summed E-state index contributed by atoms with van der Waals surface area (Å²) in [5.74, 6) is -4.32. The van der Waals surface area contributed by atoms with Crippen molar-refractivity contribution >= 4 is 51.1 Å². The molecule has 2 atom stereocenters. The summed E-state index contributed by atoms with van der Waals surface area (Å²) >= 11 is 3.30. The molecular formula is C31H24BrN3O8. The van der Waals surface area contributed by atoms with Gasteiger partial charge in [0.25, 0.3) is 23.4 Å². The van der Waals surface area contributed by atoms with E-state index in [9.17, 15) is 34.1 Å².